The van der Waals surface area contributed by atoms with Crippen molar-refractivity contribution in [2.75, 3.05) is 13.2 Å². The molecule has 7 aliphatic carbocycles. The van der Waals surface area contributed by atoms with E-state index in [9.17, 15) is 14.9 Å². The third kappa shape index (κ3) is 2.15. The van der Waals surface area contributed by atoms with Crippen LogP contribution in [-0.2, 0) is 0 Å². The summed E-state index contributed by atoms with van der Waals surface area (Å²) in [5, 5.41) is 14.8. The molecular weight excluding hydrogens is 416 g/mol. The van der Waals surface area contributed by atoms with Gasteiger partial charge in [0.2, 0.25) is 0 Å². The summed E-state index contributed by atoms with van der Waals surface area (Å²) in [4.78, 5) is 24.3. The first-order valence-electron chi connectivity index (χ1n) is 13.3. The average Bonchev–Trinajstić information content (AvgIpc) is 2.73. The van der Waals surface area contributed by atoms with Crippen LogP contribution in [0.1, 0.15) is 55.3 Å². The van der Waals surface area contributed by atoms with Gasteiger partial charge in [0.05, 0.1) is 11.5 Å². The van der Waals surface area contributed by atoms with Crippen LogP contribution in [0.4, 0.5) is 5.69 Å². The third-order valence-corrected chi connectivity index (χ3v) is 11.9. The predicted molar refractivity (Wildman–Crippen MR) is 121 cm³/mol. The molecule has 33 heavy (non-hydrogen) atoms. The van der Waals surface area contributed by atoms with E-state index in [0.717, 1.165) is 72.6 Å². The van der Waals surface area contributed by atoms with Gasteiger partial charge in [0.25, 0.3) is 5.91 Å². The molecule has 1 N–H and O–H groups in total. The molecule has 6 heteroatoms. The number of rotatable bonds is 7. The number of nitrogens with one attached hydrogen (secondary N) is 1. The van der Waals surface area contributed by atoms with Crippen molar-refractivity contribution in [2.45, 2.75) is 44.9 Å². The largest absolute Gasteiger partial charge is 0.487 e. The summed E-state index contributed by atoms with van der Waals surface area (Å²) in [7, 11) is 0. The maximum Gasteiger partial charge on any atom is 0.310 e. The van der Waals surface area contributed by atoms with Gasteiger partial charge in [-0.15, -0.1) is 0 Å². The summed E-state index contributed by atoms with van der Waals surface area (Å²) in [6.45, 7) is 1.30. The minimum atomic E-state index is -0.415. The van der Waals surface area contributed by atoms with Crippen LogP contribution in [0.5, 0.6) is 5.75 Å². The number of ether oxygens (including phenoxy) is 1. The van der Waals surface area contributed by atoms with Gasteiger partial charge in [-0.1, -0.05) is 6.42 Å². The van der Waals surface area contributed by atoms with Crippen LogP contribution in [0.2, 0.25) is 0 Å². The molecule has 174 valence electrons. The highest BCUT2D eigenvalue weighted by molar-refractivity contribution is 5.95. The van der Waals surface area contributed by atoms with E-state index in [1.165, 1.54) is 38.2 Å². The number of benzene rings is 1. The second-order valence-electron chi connectivity index (χ2n) is 12.4. The molecule has 0 aromatic heterocycles. The van der Waals surface area contributed by atoms with Crippen LogP contribution in [0.15, 0.2) is 18.2 Å². The number of nitro groups is 1. The molecule has 7 aliphatic rings. The van der Waals surface area contributed by atoms with Crippen molar-refractivity contribution in [1.82, 2.24) is 5.32 Å². The number of hydrogen-bond acceptors (Lipinski definition) is 4. The first kappa shape index (κ1) is 19.2. The zero-order valence-electron chi connectivity index (χ0n) is 18.9. The normalized spacial score (nSPS) is 46.8. The maximum absolute atomic E-state index is 13.2. The van der Waals surface area contributed by atoms with Gasteiger partial charge in [0.1, 0.15) is 0 Å². The number of nitro benzene ring substituents is 1. The molecular formula is C27H32N2O4. The van der Waals surface area contributed by atoms with E-state index in [2.05, 4.69) is 5.32 Å². The van der Waals surface area contributed by atoms with E-state index in [1.54, 1.807) is 12.1 Å². The van der Waals surface area contributed by atoms with Crippen molar-refractivity contribution in [1.29, 1.82) is 0 Å². The molecule has 0 spiro atoms. The Bertz CT molecular complexity index is 1030. The Balaban J connectivity index is 1.00. The molecule has 1 aromatic carbocycles. The molecule has 0 radical (unpaired) electrons. The Morgan fingerprint density at radius 1 is 1.00 bits per heavy atom. The number of carbonyl (C=O) groups excluding carboxylic acids is 1. The highest BCUT2D eigenvalue weighted by Crippen LogP contribution is 2.92. The fourth-order valence-corrected chi connectivity index (χ4v) is 10.1. The quantitative estimate of drug-likeness (QED) is 0.373. The lowest BCUT2D eigenvalue weighted by Crippen LogP contribution is -2.91. The Kier molecular flexibility index (Phi) is 3.67. The molecule has 7 fully saturated rings. The average molecular weight is 449 g/mol. The molecule has 0 heterocycles. The molecule has 6 nitrogen and oxygen atoms in total. The van der Waals surface area contributed by atoms with Gasteiger partial charge in [-0.3, -0.25) is 14.9 Å². The predicted octanol–water partition coefficient (Wildman–Crippen LogP) is 4.68. The molecule has 0 bridgehead atoms. The van der Waals surface area contributed by atoms with Gasteiger partial charge >= 0.3 is 5.69 Å². The summed E-state index contributed by atoms with van der Waals surface area (Å²) in [6.07, 6.45) is 9.14. The smallest absolute Gasteiger partial charge is 0.310 e. The first-order chi connectivity index (χ1) is 16.1. The van der Waals surface area contributed by atoms with Crippen molar-refractivity contribution in [3.8, 4) is 5.75 Å². The van der Waals surface area contributed by atoms with Crippen molar-refractivity contribution in [3.63, 3.8) is 0 Å². The van der Waals surface area contributed by atoms with Crippen molar-refractivity contribution >= 4 is 11.6 Å². The number of amides is 1. The van der Waals surface area contributed by atoms with Crippen LogP contribution in [0, 0.1) is 74.7 Å². The van der Waals surface area contributed by atoms with Gasteiger partial charge in [-0.25, -0.2) is 0 Å². The zero-order chi connectivity index (χ0) is 22.1. The number of carbonyl (C=O) groups is 1. The Morgan fingerprint density at radius 3 is 2.21 bits per heavy atom. The highest BCUT2D eigenvalue weighted by Gasteiger charge is 2.89. The number of fused-ring (bicyclic) bond motifs is 13. The van der Waals surface area contributed by atoms with E-state index in [-0.39, 0.29) is 17.3 Å². The summed E-state index contributed by atoms with van der Waals surface area (Å²) in [6, 6.07) is 4.61. The molecule has 8 unspecified atom stereocenters. The minimum absolute atomic E-state index is 0.0517. The maximum atomic E-state index is 13.2. The fraction of sp³-hybridized carbons (Fsp3) is 0.741. The zero-order valence-corrected chi connectivity index (χ0v) is 18.9. The third-order valence-electron chi connectivity index (χ3n) is 11.9. The summed E-state index contributed by atoms with van der Waals surface area (Å²) < 4.78 is 5.82. The summed E-state index contributed by atoms with van der Waals surface area (Å²) >= 11 is 0. The monoisotopic (exact) mass is 448 g/mol. The SMILES string of the molecule is O=C(NCC12C3C4CCC4C3C1C1C3CCC3C12)c1ccc([N+](=O)[O-])c(OCC2CCC2)c1. The van der Waals surface area contributed by atoms with Crippen LogP contribution in [0.25, 0.3) is 0 Å². The van der Waals surface area contributed by atoms with E-state index in [0.29, 0.717) is 23.5 Å². The van der Waals surface area contributed by atoms with Crippen molar-refractivity contribution in [2.24, 2.45) is 64.6 Å². The van der Waals surface area contributed by atoms with Gasteiger partial charge < -0.3 is 10.1 Å². The number of hydrogen-bond donors (Lipinski definition) is 1. The second-order valence-corrected chi connectivity index (χ2v) is 12.4. The lowest BCUT2D eigenvalue weighted by atomic mass is 9.11. The van der Waals surface area contributed by atoms with Gasteiger partial charge in [0.15, 0.2) is 5.75 Å². The topological polar surface area (TPSA) is 81.5 Å². The molecule has 8 rings (SSSR count). The Labute approximate surface area is 194 Å². The Morgan fingerprint density at radius 2 is 1.67 bits per heavy atom. The fourth-order valence-electron chi connectivity index (χ4n) is 10.1. The molecule has 0 saturated heterocycles. The Hall–Kier alpha value is -2.11. The molecule has 0 aliphatic heterocycles. The molecule has 7 saturated carbocycles. The van der Waals surface area contributed by atoms with Crippen LogP contribution < -0.4 is 10.1 Å². The van der Waals surface area contributed by atoms with Crippen LogP contribution >= 0.6 is 0 Å². The highest BCUT2D eigenvalue weighted by atomic mass is 16.6. The minimum Gasteiger partial charge on any atom is -0.487 e. The first-order valence-corrected chi connectivity index (χ1v) is 13.3. The molecule has 8 atom stereocenters. The lowest BCUT2D eigenvalue weighted by Gasteiger charge is -2.93. The lowest BCUT2D eigenvalue weighted by molar-refractivity contribution is -0.459. The van der Waals surface area contributed by atoms with E-state index < -0.39 is 4.92 Å². The van der Waals surface area contributed by atoms with Gasteiger partial charge in [-0.05, 0) is 109 Å². The van der Waals surface area contributed by atoms with Crippen molar-refractivity contribution in [3.05, 3.63) is 33.9 Å². The van der Waals surface area contributed by atoms with E-state index in [4.69, 9.17) is 4.74 Å². The van der Waals surface area contributed by atoms with Crippen LogP contribution in [-0.4, -0.2) is 24.0 Å². The van der Waals surface area contributed by atoms with Gasteiger partial charge in [-0.2, -0.15) is 0 Å². The number of nitrogens with zero attached hydrogens (tertiary/aromatic N) is 1. The standard InChI is InChI=1S/C27H32N2O4/c30-26(14-4-9-19(29(31)32)20(10-14)33-11-13-2-1-3-13)28-12-27-23-17-7-5-15(17)21(23)25(27)22-16-6-8-18(16)24(22)27/h4,9-10,13,15-18,21-25H,1-3,5-8,11-12H2,(H,28,30). The van der Waals surface area contributed by atoms with E-state index in [1.807, 2.05) is 0 Å². The van der Waals surface area contributed by atoms with Crippen LogP contribution in [0.3, 0.4) is 0 Å². The molecule has 1 amide bonds. The van der Waals surface area contributed by atoms with Crippen molar-refractivity contribution < 1.29 is 14.5 Å². The molecule has 1 aromatic rings. The second kappa shape index (κ2) is 6.31. The summed E-state index contributed by atoms with van der Waals surface area (Å²) in [5.74, 6) is 9.03. The van der Waals surface area contributed by atoms with Gasteiger partial charge in [0, 0.05) is 24.2 Å². The summed E-state index contributed by atoms with van der Waals surface area (Å²) in [5.41, 5.74) is 0.803. The van der Waals surface area contributed by atoms with E-state index >= 15 is 0 Å².